The number of carbonyl (C=O) groups is 2. The topological polar surface area (TPSA) is 57.6 Å². The smallest absolute Gasteiger partial charge is 0.335 e. The van der Waals surface area contributed by atoms with Gasteiger partial charge in [0, 0.05) is 18.7 Å². The lowest BCUT2D eigenvalue weighted by Gasteiger charge is -2.24. The highest BCUT2D eigenvalue weighted by Gasteiger charge is 2.17. The Balaban J connectivity index is 2.89. The summed E-state index contributed by atoms with van der Waals surface area (Å²) >= 11 is 0. The summed E-state index contributed by atoms with van der Waals surface area (Å²) in [7, 11) is 1.75. The second kappa shape index (κ2) is 6.19. The van der Waals surface area contributed by atoms with E-state index < -0.39 is 5.97 Å². The largest absolute Gasteiger partial charge is 0.478 e. The molecule has 0 heterocycles. The average molecular weight is 249 g/mol. The van der Waals surface area contributed by atoms with Crippen LogP contribution in [0.5, 0.6) is 0 Å². The number of rotatable bonds is 5. The minimum atomic E-state index is -1.02. The predicted molar refractivity (Wildman–Crippen MR) is 69.9 cm³/mol. The molecule has 1 unspecified atom stereocenters. The number of carboxylic acids is 1. The van der Waals surface area contributed by atoms with Crippen molar-refractivity contribution in [2.75, 3.05) is 7.05 Å². The molecule has 0 saturated carbocycles. The number of amides is 1. The Kier molecular flexibility index (Phi) is 4.89. The Morgan fingerprint density at radius 3 is 2.50 bits per heavy atom. The number of hydrogen-bond donors (Lipinski definition) is 1. The van der Waals surface area contributed by atoms with Crippen molar-refractivity contribution in [3.05, 3.63) is 35.4 Å². The normalized spacial score (nSPS) is 11.9. The lowest BCUT2D eigenvalue weighted by atomic mass is 10.1. The summed E-state index contributed by atoms with van der Waals surface area (Å²) in [6, 6.07) is 6.28. The summed E-state index contributed by atoms with van der Waals surface area (Å²) in [4.78, 5) is 24.7. The SMILES string of the molecule is CCCC(C)N(C)C(=O)c1cccc(C(=O)O)c1. The molecule has 1 atom stereocenters. The number of benzene rings is 1. The molecular weight excluding hydrogens is 230 g/mol. The first kappa shape index (κ1) is 14.2. The van der Waals surface area contributed by atoms with Gasteiger partial charge in [-0.05, 0) is 31.5 Å². The Hall–Kier alpha value is -1.84. The third kappa shape index (κ3) is 3.32. The van der Waals surface area contributed by atoms with Gasteiger partial charge in [0.05, 0.1) is 5.56 Å². The van der Waals surface area contributed by atoms with E-state index in [1.165, 1.54) is 12.1 Å². The van der Waals surface area contributed by atoms with Crippen molar-refractivity contribution < 1.29 is 14.7 Å². The first-order valence-electron chi connectivity index (χ1n) is 6.07. The Labute approximate surface area is 107 Å². The molecule has 98 valence electrons. The van der Waals surface area contributed by atoms with Gasteiger partial charge in [-0.15, -0.1) is 0 Å². The van der Waals surface area contributed by atoms with Gasteiger partial charge in [-0.2, -0.15) is 0 Å². The Morgan fingerprint density at radius 2 is 1.94 bits per heavy atom. The van der Waals surface area contributed by atoms with E-state index in [1.807, 2.05) is 6.92 Å². The van der Waals surface area contributed by atoms with Crippen LogP contribution in [0.2, 0.25) is 0 Å². The highest BCUT2D eigenvalue weighted by Crippen LogP contribution is 2.12. The highest BCUT2D eigenvalue weighted by atomic mass is 16.4. The van der Waals surface area contributed by atoms with E-state index in [1.54, 1.807) is 24.1 Å². The molecule has 18 heavy (non-hydrogen) atoms. The molecular formula is C14H19NO3. The van der Waals surface area contributed by atoms with Gasteiger partial charge in [-0.1, -0.05) is 19.4 Å². The molecule has 1 rings (SSSR count). The first-order valence-corrected chi connectivity index (χ1v) is 6.07. The zero-order valence-corrected chi connectivity index (χ0v) is 11.0. The van der Waals surface area contributed by atoms with E-state index in [2.05, 4.69) is 6.92 Å². The quantitative estimate of drug-likeness (QED) is 0.872. The van der Waals surface area contributed by atoms with Crippen molar-refractivity contribution in [3.8, 4) is 0 Å². The zero-order valence-electron chi connectivity index (χ0n) is 11.0. The Morgan fingerprint density at radius 1 is 1.33 bits per heavy atom. The second-order valence-corrected chi connectivity index (χ2v) is 4.44. The zero-order chi connectivity index (χ0) is 13.7. The van der Waals surface area contributed by atoms with Gasteiger partial charge >= 0.3 is 5.97 Å². The molecule has 1 amide bonds. The van der Waals surface area contributed by atoms with Crippen LogP contribution in [0.1, 0.15) is 47.4 Å². The standard InChI is InChI=1S/C14H19NO3/c1-4-6-10(2)15(3)13(16)11-7-5-8-12(9-11)14(17)18/h5,7-10H,4,6H2,1-3H3,(H,17,18). The van der Waals surface area contributed by atoms with Crippen LogP contribution in [0.4, 0.5) is 0 Å². The van der Waals surface area contributed by atoms with Gasteiger partial charge in [0.15, 0.2) is 0 Å². The van der Waals surface area contributed by atoms with E-state index in [9.17, 15) is 9.59 Å². The minimum absolute atomic E-state index is 0.136. The molecule has 0 aliphatic rings. The van der Waals surface area contributed by atoms with Crippen molar-refractivity contribution in [1.82, 2.24) is 4.90 Å². The van der Waals surface area contributed by atoms with E-state index in [0.29, 0.717) is 5.56 Å². The summed E-state index contributed by atoms with van der Waals surface area (Å²) in [5, 5.41) is 8.90. The van der Waals surface area contributed by atoms with Crippen LogP contribution in [0.3, 0.4) is 0 Å². The summed E-state index contributed by atoms with van der Waals surface area (Å²) in [5.41, 5.74) is 0.553. The van der Waals surface area contributed by atoms with Crippen LogP contribution in [-0.4, -0.2) is 35.0 Å². The Bertz CT molecular complexity index is 442. The molecule has 0 spiro atoms. The molecule has 0 saturated heterocycles. The third-order valence-electron chi connectivity index (χ3n) is 3.04. The van der Waals surface area contributed by atoms with Gasteiger partial charge in [-0.3, -0.25) is 4.79 Å². The maximum Gasteiger partial charge on any atom is 0.335 e. The van der Waals surface area contributed by atoms with Gasteiger partial charge in [0.25, 0.3) is 5.91 Å². The molecule has 0 fully saturated rings. The highest BCUT2D eigenvalue weighted by molar-refractivity contribution is 5.97. The molecule has 1 N–H and O–H groups in total. The molecule has 4 heteroatoms. The van der Waals surface area contributed by atoms with Gasteiger partial charge in [-0.25, -0.2) is 4.79 Å². The molecule has 0 bridgehead atoms. The van der Waals surface area contributed by atoms with Crippen LogP contribution in [0.25, 0.3) is 0 Å². The van der Waals surface area contributed by atoms with Gasteiger partial charge < -0.3 is 10.0 Å². The van der Waals surface area contributed by atoms with Crippen molar-refractivity contribution in [2.45, 2.75) is 32.7 Å². The molecule has 4 nitrogen and oxygen atoms in total. The molecule has 0 aliphatic carbocycles. The van der Waals surface area contributed by atoms with E-state index in [-0.39, 0.29) is 17.5 Å². The van der Waals surface area contributed by atoms with E-state index >= 15 is 0 Å². The van der Waals surface area contributed by atoms with Crippen LogP contribution in [-0.2, 0) is 0 Å². The number of carbonyl (C=O) groups excluding carboxylic acids is 1. The van der Waals surface area contributed by atoms with Crippen LogP contribution >= 0.6 is 0 Å². The summed E-state index contributed by atoms with van der Waals surface area (Å²) < 4.78 is 0. The predicted octanol–water partition coefficient (Wildman–Crippen LogP) is 2.65. The van der Waals surface area contributed by atoms with Crippen LogP contribution < -0.4 is 0 Å². The fraction of sp³-hybridized carbons (Fsp3) is 0.429. The number of carboxylic acid groups (broad SMARTS) is 1. The number of aromatic carboxylic acids is 1. The summed E-state index contributed by atoms with van der Waals surface area (Å²) in [6.45, 7) is 4.06. The van der Waals surface area contributed by atoms with Crippen molar-refractivity contribution in [3.63, 3.8) is 0 Å². The fourth-order valence-electron chi connectivity index (χ4n) is 1.80. The summed E-state index contributed by atoms with van der Waals surface area (Å²) in [6.07, 6.45) is 1.94. The monoisotopic (exact) mass is 249 g/mol. The first-order chi connectivity index (χ1) is 8.47. The van der Waals surface area contributed by atoms with Crippen LogP contribution in [0.15, 0.2) is 24.3 Å². The molecule has 0 aliphatic heterocycles. The molecule has 0 aromatic heterocycles. The lowest BCUT2D eigenvalue weighted by Crippen LogP contribution is -2.35. The van der Waals surface area contributed by atoms with Crippen molar-refractivity contribution >= 4 is 11.9 Å². The van der Waals surface area contributed by atoms with E-state index in [4.69, 9.17) is 5.11 Å². The number of hydrogen-bond acceptors (Lipinski definition) is 2. The van der Waals surface area contributed by atoms with Crippen LogP contribution in [0, 0.1) is 0 Å². The maximum atomic E-state index is 12.2. The van der Waals surface area contributed by atoms with Gasteiger partial charge in [0.2, 0.25) is 0 Å². The molecule has 1 aromatic rings. The molecule has 0 radical (unpaired) electrons. The number of nitrogens with zero attached hydrogens (tertiary/aromatic N) is 1. The molecule has 1 aromatic carbocycles. The third-order valence-corrected chi connectivity index (χ3v) is 3.04. The fourth-order valence-corrected chi connectivity index (χ4v) is 1.80. The van der Waals surface area contributed by atoms with Crippen molar-refractivity contribution in [2.24, 2.45) is 0 Å². The minimum Gasteiger partial charge on any atom is -0.478 e. The second-order valence-electron chi connectivity index (χ2n) is 4.44. The average Bonchev–Trinajstić information content (AvgIpc) is 2.37. The van der Waals surface area contributed by atoms with Gasteiger partial charge in [0.1, 0.15) is 0 Å². The van der Waals surface area contributed by atoms with Crippen molar-refractivity contribution in [1.29, 1.82) is 0 Å². The van der Waals surface area contributed by atoms with E-state index in [0.717, 1.165) is 12.8 Å². The lowest BCUT2D eigenvalue weighted by molar-refractivity contribution is 0.0697. The summed E-state index contributed by atoms with van der Waals surface area (Å²) in [5.74, 6) is -1.16. The maximum absolute atomic E-state index is 12.2.